The van der Waals surface area contributed by atoms with E-state index in [1.807, 2.05) is 0 Å². The number of fused-ring (bicyclic) bond motifs is 1. The monoisotopic (exact) mass is 538 g/mol. The first-order valence-corrected chi connectivity index (χ1v) is 12.2. The van der Waals surface area contributed by atoms with Crippen molar-refractivity contribution < 1.29 is 33.3 Å². The molecule has 4 rings (SSSR count). The Labute approximate surface area is 222 Å². The molecule has 0 spiro atoms. The molecule has 0 fully saturated rings. The number of ether oxygens (including phenoxy) is 5. The molecule has 0 radical (unpaired) electrons. The van der Waals surface area contributed by atoms with Gasteiger partial charge in [0.2, 0.25) is 0 Å². The van der Waals surface area contributed by atoms with Gasteiger partial charge in [-0.1, -0.05) is 23.5 Å². The molecule has 0 aliphatic carbocycles. The number of aromatic nitrogens is 1. The summed E-state index contributed by atoms with van der Waals surface area (Å²) in [6.45, 7) is 3.00. The number of esters is 2. The molecule has 0 bridgehead atoms. The fourth-order valence-corrected chi connectivity index (χ4v) is 5.24. The molecule has 11 heteroatoms. The quantitative estimate of drug-likeness (QED) is 0.333. The summed E-state index contributed by atoms with van der Waals surface area (Å²) in [7, 11) is 5.78. The highest BCUT2D eigenvalue weighted by atomic mass is 32.1. The number of methoxy groups -OCH3 is 4. The van der Waals surface area contributed by atoms with Crippen LogP contribution in [0.3, 0.4) is 0 Å². The molecule has 0 saturated heterocycles. The zero-order valence-corrected chi connectivity index (χ0v) is 22.5. The Morgan fingerprint density at radius 2 is 1.61 bits per heavy atom. The average molecular weight is 539 g/mol. The third-order valence-electron chi connectivity index (χ3n) is 5.89. The van der Waals surface area contributed by atoms with Gasteiger partial charge in [-0.05, 0) is 48.4 Å². The second-order valence-electron chi connectivity index (χ2n) is 8.19. The third kappa shape index (κ3) is 4.92. The molecule has 3 aromatic rings. The summed E-state index contributed by atoms with van der Waals surface area (Å²) in [6.07, 6.45) is 1.69. The maximum absolute atomic E-state index is 13.8. The number of hydrogen-bond acceptors (Lipinski definition) is 10. The summed E-state index contributed by atoms with van der Waals surface area (Å²) in [5, 5.41) is 0. The first-order valence-electron chi connectivity index (χ1n) is 11.4. The van der Waals surface area contributed by atoms with Crippen molar-refractivity contribution in [1.29, 1.82) is 0 Å². The van der Waals surface area contributed by atoms with Crippen LogP contribution in [0.4, 0.5) is 0 Å². The summed E-state index contributed by atoms with van der Waals surface area (Å²) in [5.41, 5.74) is 1.61. The van der Waals surface area contributed by atoms with Crippen LogP contribution in [0.2, 0.25) is 0 Å². The number of carbonyl (C=O) groups excluding carboxylic acids is 2. The molecule has 2 aromatic carbocycles. The zero-order chi connectivity index (χ0) is 27.6. The van der Waals surface area contributed by atoms with Gasteiger partial charge in [0.1, 0.15) is 0 Å². The van der Waals surface area contributed by atoms with Gasteiger partial charge in [-0.3, -0.25) is 14.2 Å². The molecule has 1 atom stereocenters. The second kappa shape index (κ2) is 10.9. The lowest BCUT2D eigenvalue weighted by molar-refractivity contribution is -0.136. The Morgan fingerprint density at radius 3 is 2.24 bits per heavy atom. The predicted octanol–water partition coefficient (Wildman–Crippen LogP) is 2.36. The molecular weight excluding hydrogens is 512 g/mol. The summed E-state index contributed by atoms with van der Waals surface area (Å²) >= 11 is 1.19. The first kappa shape index (κ1) is 26.7. The van der Waals surface area contributed by atoms with E-state index in [9.17, 15) is 14.4 Å². The van der Waals surface area contributed by atoms with Gasteiger partial charge in [0, 0.05) is 6.92 Å². The Hall–Kier alpha value is -4.38. The molecule has 1 aliphatic rings. The van der Waals surface area contributed by atoms with Crippen molar-refractivity contribution in [2.24, 2.45) is 4.99 Å². The van der Waals surface area contributed by atoms with Crippen molar-refractivity contribution in [1.82, 2.24) is 4.57 Å². The lowest BCUT2D eigenvalue weighted by atomic mass is 9.95. The molecule has 10 nitrogen and oxygen atoms in total. The fourth-order valence-electron chi connectivity index (χ4n) is 4.20. The van der Waals surface area contributed by atoms with Crippen LogP contribution < -0.4 is 33.8 Å². The van der Waals surface area contributed by atoms with E-state index >= 15 is 0 Å². The molecule has 38 heavy (non-hydrogen) atoms. The van der Waals surface area contributed by atoms with Crippen LogP contribution in [0.15, 0.2) is 57.5 Å². The Bertz CT molecular complexity index is 1630. The smallest absolute Gasteiger partial charge is 0.338 e. The SMILES string of the molecule is COC(=O)C1=C(C)N=c2s/c(=C/c3ccc(OC(C)=O)c(OC)c3)c(=O)n2C1c1ccc(OC)c(OC)c1. The van der Waals surface area contributed by atoms with Crippen LogP contribution in [-0.4, -0.2) is 44.9 Å². The number of thiazole rings is 1. The minimum Gasteiger partial charge on any atom is -0.493 e. The van der Waals surface area contributed by atoms with Gasteiger partial charge in [0.05, 0.1) is 50.3 Å². The van der Waals surface area contributed by atoms with Crippen molar-refractivity contribution in [2.75, 3.05) is 28.4 Å². The molecule has 0 saturated carbocycles. The number of nitrogens with zero attached hydrogens (tertiary/aromatic N) is 2. The van der Waals surface area contributed by atoms with Crippen molar-refractivity contribution in [3.63, 3.8) is 0 Å². The lowest BCUT2D eigenvalue weighted by Crippen LogP contribution is -2.39. The van der Waals surface area contributed by atoms with Crippen LogP contribution in [0, 0.1) is 0 Å². The van der Waals surface area contributed by atoms with Crippen molar-refractivity contribution in [3.8, 4) is 23.0 Å². The largest absolute Gasteiger partial charge is 0.493 e. The van der Waals surface area contributed by atoms with E-state index in [0.29, 0.717) is 43.4 Å². The van der Waals surface area contributed by atoms with Crippen LogP contribution in [-0.2, 0) is 14.3 Å². The Morgan fingerprint density at radius 1 is 0.947 bits per heavy atom. The van der Waals surface area contributed by atoms with Crippen LogP contribution in [0.5, 0.6) is 23.0 Å². The van der Waals surface area contributed by atoms with Crippen molar-refractivity contribution in [3.05, 3.63) is 78.5 Å². The van der Waals surface area contributed by atoms with Gasteiger partial charge in [-0.15, -0.1) is 0 Å². The minimum absolute atomic E-state index is 0.242. The molecular formula is C27H26N2O8S. The average Bonchev–Trinajstić information content (AvgIpc) is 3.21. The van der Waals surface area contributed by atoms with E-state index in [-0.39, 0.29) is 16.9 Å². The van der Waals surface area contributed by atoms with Gasteiger partial charge in [0.15, 0.2) is 27.8 Å². The Kier molecular flexibility index (Phi) is 7.67. The minimum atomic E-state index is -0.804. The molecule has 1 aliphatic heterocycles. The molecule has 198 valence electrons. The summed E-state index contributed by atoms with van der Waals surface area (Å²) in [6, 6.07) is 9.36. The summed E-state index contributed by atoms with van der Waals surface area (Å²) in [4.78, 5) is 43.0. The highest BCUT2D eigenvalue weighted by Crippen LogP contribution is 2.36. The second-order valence-corrected chi connectivity index (χ2v) is 9.20. The van der Waals surface area contributed by atoms with Crippen molar-refractivity contribution >= 4 is 29.4 Å². The zero-order valence-electron chi connectivity index (χ0n) is 21.7. The van der Waals surface area contributed by atoms with E-state index in [1.165, 1.54) is 51.3 Å². The molecule has 1 unspecified atom stereocenters. The maximum Gasteiger partial charge on any atom is 0.338 e. The highest BCUT2D eigenvalue weighted by Gasteiger charge is 2.33. The number of allylic oxidation sites excluding steroid dienone is 1. The lowest BCUT2D eigenvalue weighted by Gasteiger charge is -2.25. The van der Waals surface area contributed by atoms with Gasteiger partial charge >= 0.3 is 11.9 Å². The number of benzene rings is 2. The number of rotatable bonds is 7. The van der Waals surface area contributed by atoms with E-state index in [1.54, 1.807) is 49.4 Å². The normalized spacial score (nSPS) is 14.9. The third-order valence-corrected chi connectivity index (χ3v) is 6.87. The van der Waals surface area contributed by atoms with Crippen molar-refractivity contribution in [2.45, 2.75) is 19.9 Å². The maximum atomic E-state index is 13.8. The van der Waals surface area contributed by atoms with E-state index < -0.39 is 18.0 Å². The topological polar surface area (TPSA) is 115 Å². The van der Waals surface area contributed by atoms with Gasteiger partial charge in [-0.25, -0.2) is 9.79 Å². The first-order chi connectivity index (χ1) is 18.2. The Balaban J connectivity index is 1.92. The molecule has 0 amide bonds. The van der Waals surface area contributed by atoms with Crippen LogP contribution >= 0.6 is 11.3 Å². The van der Waals surface area contributed by atoms with Crippen LogP contribution in [0.1, 0.15) is 31.0 Å². The highest BCUT2D eigenvalue weighted by molar-refractivity contribution is 7.07. The van der Waals surface area contributed by atoms with Gasteiger partial charge in [0.25, 0.3) is 5.56 Å². The van der Waals surface area contributed by atoms with Gasteiger partial charge < -0.3 is 23.7 Å². The van der Waals surface area contributed by atoms with E-state index in [0.717, 1.165) is 0 Å². The standard InChI is InChI=1S/C27H26N2O8S/c1-14-23(26(32)36-6)24(17-8-10-18(33-3)21(13-17)35-5)29-25(31)22(38-27(29)28-14)12-16-7-9-19(37-15(2)30)20(11-16)34-4/h7-13,24H,1-6H3/b22-12+. The predicted molar refractivity (Wildman–Crippen MR) is 140 cm³/mol. The molecule has 0 N–H and O–H groups in total. The molecule has 2 heterocycles. The number of hydrogen-bond donors (Lipinski definition) is 0. The summed E-state index contributed by atoms with van der Waals surface area (Å²) < 4.78 is 28.2. The molecule has 1 aromatic heterocycles. The number of carbonyl (C=O) groups is 2. The van der Waals surface area contributed by atoms with E-state index in [4.69, 9.17) is 23.7 Å². The van der Waals surface area contributed by atoms with Crippen LogP contribution in [0.25, 0.3) is 6.08 Å². The van der Waals surface area contributed by atoms with E-state index in [2.05, 4.69) is 4.99 Å². The summed E-state index contributed by atoms with van der Waals surface area (Å²) in [5.74, 6) is 0.502. The van der Waals surface area contributed by atoms with Gasteiger partial charge in [-0.2, -0.15) is 0 Å². The fraction of sp³-hybridized carbons (Fsp3) is 0.259.